The van der Waals surface area contributed by atoms with Crippen molar-refractivity contribution in [2.75, 3.05) is 12.3 Å². The van der Waals surface area contributed by atoms with Gasteiger partial charge in [-0.3, -0.25) is 14.4 Å². The molecule has 2 aromatic carbocycles. The highest BCUT2D eigenvalue weighted by molar-refractivity contribution is 8.00. The van der Waals surface area contributed by atoms with Gasteiger partial charge < -0.3 is 16.4 Å². The molecule has 4 N–H and O–H groups in total. The second kappa shape index (κ2) is 9.57. The molecule has 0 heterocycles. The minimum Gasteiger partial charge on any atom is -0.368 e. The first-order valence-corrected chi connectivity index (χ1v) is 8.73. The number of hydrogen-bond donors (Lipinski definition) is 3. The number of nitrogens with two attached hydrogens (primary N) is 1. The predicted molar refractivity (Wildman–Crippen MR) is 96.9 cm³/mol. The number of hydrogen-bond acceptors (Lipinski definition) is 4. The van der Waals surface area contributed by atoms with Gasteiger partial charge in [-0.15, -0.1) is 11.8 Å². The Bertz CT molecular complexity index is 797. The third kappa shape index (κ3) is 6.21. The van der Waals surface area contributed by atoms with Gasteiger partial charge in [0.25, 0.3) is 5.91 Å². The fourth-order valence-electron chi connectivity index (χ4n) is 2.00. The van der Waals surface area contributed by atoms with Crippen molar-refractivity contribution in [2.45, 2.75) is 11.4 Å². The van der Waals surface area contributed by atoms with Crippen LogP contribution in [0.2, 0.25) is 0 Å². The number of thioether (sulfide) groups is 1. The van der Waals surface area contributed by atoms with E-state index < -0.39 is 11.8 Å². The van der Waals surface area contributed by atoms with Crippen LogP contribution in [-0.4, -0.2) is 30.0 Å². The smallest absolute Gasteiger partial charge is 0.251 e. The van der Waals surface area contributed by atoms with Crippen LogP contribution in [0.4, 0.5) is 4.39 Å². The molecule has 3 amide bonds. The van der Waals surface area contributed by atoms with Crippen LogP contribution in [0.1, 0.15) is 15.9 Å². The largest absolute Gasteiger partial charge is 0.368 e. The maximum atomic E-state index is 13.5. The first-order valence-electron chi connectivity index (χ1n) is 7.75. The molecule has 26 heavy (non-hydrogen) atoms. The Morgan fingerprint density at radius 3 is 2.35 bits per heavy atom. The molecule has 6 nitrogen and oxygen atoms in total. The third-order valence-corrected chi connectivity index (χ3v) is 4.37. The number of rotatable bonds is 8. The van der Waals surface area contributed by atoms with Crippen LogP contribution >= 0.6 is 11.8 Å². The molecule has 0 aliphatic carbocycles. The fourth-order valence-corrected chi connectivity index (χ4v) is 2.77. The molecular formula is C18H18FN3O3S. The van der Waals surface area contributed by atoms with Crippen molar-refractivity contribution in [1.29, 1.82) is 0 Å². The summed E-state index contributed by atoms with van der Waals surface area (Å²) in [7, 11) is 0. The molecule has 0 aliphatic rings. The lowest BCUT2D eigenvalue weighted by Crippen LogP contribution is -2.33. The van der Waals surface area contributed by atoms with Gasteiger partial charge >= 0.3 is 0 Å². The van der Waals surface area contributed by atoms with Crippen LogP contribution in [0.15, 0.2) is 53.4 Å². The highest BCUT2D eigenvalue weighted by Gasteiger charge is 2.08. The van der Waals surface area contributed by atoms with Gasteiger partial charge in [0.1, 0.15) is 5.82 Å². The van der Waals surface area contributed by atoms with E-state index in [1.807, 2.05) is 0 Å². The van der Waals surface area contributed by atoms with E-state index in [0.29, 0.717) is 17.0 Å². The van der Waals surface area contributed by atoms with Crippen molar-refractivity contribution in [3.05, 3.63) is 65.5 Å². The van der Waals surface area contributed by atoms with Gasteiger partial charge in [-0.2, -0.15) is 0 Å². The lowest BCUT2D eigenvalue weighted by molar-refractivity contribution is -0.119. The van der Waals surface area contributed by atoms with Gasteiger partial charge in [0.15, 0.2) is 0 Å². The molecule has 136 valence electrons. The van der Waals surface area contributed by atoms with Crippen molar-refractivity contribution in [3.63, 3.8) is 0 Å². The Morgan fingerprint density at radius 2 is 1.69 bits per heavy atom. The monoisotopic (exact) mass is 375 g/mol. The lowest BCUT2D eigenvalue weighted by atomic mass is 10.1. The molecule has 0 atom stereocenters. The summed E-state index contributed by atoms with van der Waals surface area (Å²) in [6.07, 6.45) is 0. The number of carbonyl (C=O) groups is 3. The van der Waals surface area contributed by atoms with Crippen LogP contribution in [0.5, 0.6) is 0 Å². The predicted octanol–water partition coefficient (Wildman–Crippen LogP) is 1.45. The fraction of sp³-hybridized carbons (Fsp3) is 0.167. The number of halogens is 1. The quantitative estimate of drug-likeness (QED) is 0.608. The maximum Gasteiger partial charge on any atom is 0.251 e. The average molecular weight is 375 g/mol. The maximum absolute atomic E-state index is 13.5. The van der Waals surface area contributed by atoms with Crippen LogP contribution in [0, 0.1) is 5.82 Å². The van der Waals surface area contributed by atoms with E-state index in [4.69, 9.17) is 5.73 Å². The van der Waals surface area contributed by atoms with Crippen molar-refractivity contribution in [1.82, 2.24) is 10.6 Å². The van der Waals surface area contributed by atoms with Crippen LogP contribution in [-0.2, 0) is 16.1 Å². The summed E-state index contributed by atoms with van der Waals surface area (Å²) in [5.41, 5.74) is 6.16. The normalized spacial score (nSPS) is 10.2. The highest BCUT2D eigenvalue weighted by Crippen LogP contribution is 2.20. The number of carbonyl (C=O) groups excluding carboxylic acids is 3. The molecule has 0 fully saturated rings. The van der Waals surface area contributed by atoms with Gasteiger partial charge in [0.2, 0.25) is 11.8 Å². The van der Waals surface area contributed by atoms with E-state index in [1.165, 1.54) is 6.07 Å². The zero-order valence-electron chi connectivity index (χ0n) is 13.8. The molecule has 0 radical (unpaired) electrons. The van der Waals surface area contributed by atoms with Crippen LogP contribution in [0.25, 0.3) is 0 Å². The molecule has 8 heteroatoms. The average Bonchev–Trinajstić information content (AvgIpc) is 2.64. The Kier molecular flexibility index (Phi) is 7.16. The van der Waals surface area contributed by atoms with E-state index >= 15 is 0 Å². The second-order valence-corrected chi connectivity index (χ2v) is 6.36. The standard InChI is InChI=1S/C18H18FN3O3S/c19-14-3-1-2-4-15(14)26-11-17(24)21-9-12-5-7-13(8-6-12)18(25)22-10-16(20)23/h1-8H,9-11H2,(H2,20,23)(H,21,24)(H,22,25). The molecule has 0 bridgehead atoms. The number of amides is 3. The van der Waals surface area contributed by atoms with Crippen molar-refractivity contribution in [2.24, 2.45) is 5.73 Å². The van der Waals surface area contributed by atoms with Gasteiger partial charge in [-0.1, -0.05) is 24.3 Å². The summed E-state index contributed by atoms with van der Waals surface area (Å²) in [6.45, 7) is 0.0656. The molecule has 0 aliphatic heterocycles. The summed E-state index contributed by atoms with van der Waals surface area (Å²) in [5, 5.41) is 5.12. The second-order valence-electron chi connectivity index (χ2n) is 5.34. The minimum absolute atomic E-state index is 0.106. The van der Waals surface area contributed by atoms with E-state index in [1.54, 1.807) is 42.5 Å². The number of benzene rings is 2. The number of nitrogens with one attached hydrogen (secondary N) is 2. The highest BCUT2D eigenvalue weighted by atomic mass is 32.2. The van der Waals surface area contributed by atoms with Gasteiger partial charge in [-0.25, -0.2) is 4.39 Å². The Morgan fingerprint density at radius 1 is 1.00 bits per heavy atom. The zero-order chi connectivity index (χ0) is 18.9. The van der Waals surface area contributed by atoms with E-state index in [9.17, 15) is 18.8 Å². The summed E-state index contributed by atoms with van der Waals surface area (Å²) in [4.78, 5) is 34.7. The zero-order valence-corrected chi connectivity index (χ0v) is 14.6. The van der Waals surface area contributed by atoms with Crippen molar-refractivity contribution >= 4 is 29.5 Å². The summed E-state index contributed by atoms with van der Waals surface area (Å²) < 4.78 is 13.5. The summed E-state index contributed by atoms with van der Waals surface area (Å²) in [6, 6.07) is 12.9. The summed E-state index contributed by atoms with van der Waals surface area (Å²) >= 11 is 1.13. The molecule has 0 saturated carbocycles. The van der Waals surface area contributed by atoms with Crippen molar-refractivity contribution < 1.29 is 18.8 Å². The van der Waals surface area contributed by atoms with Gasteiger partial charge in [0, 0.05) is 17.0 Å². The first-order chi connectivity index (χ1) is 12.5. The Balaban J connectivity index is 1.78. The van der Waals surface area contributed by atoms with E-state index in [2.05, 4.69) is 10.6 Å². The van der Waals surface area contributed by atoms with Crippen LogP contribution < -0.4 is 16.4 Å². The van der Waals surface area contributed by atoms with Crippen molar-refractivity contribution in [3.8, 4) is 0 Å². The summed E-state index contributed by atoms with van der Waals surface area (Å²) in [5.74, 6) is -1.49. The molecule has 2 rings (SSSR count). The number of primary amides is 1. The minimum atomic E-state index is -0.620. The molecule has 0 aromatic heterocycles. The molecule has 0 saturated heterocycles. The Hall–Kier alpha value is -2.87. The lowest BCUT2D eigenvalue weighted by Gasteiger charge is -2.07. The van der Waals surface area contributed by atoms with E-state index in [-0.39, 0.29) is 24.0 Å². The van der Waals surface area contributed by atoms with Gasteiger partial charge in [0.05, 0.1) is 12.3 Å². The molecule has 2 aromatic rings. The topological polar surface area (TPSA) is 101 Å². The molecule has 0 spiro atoms. The van der Waals surface area contributed by atoms with Gasteiger partial charge in [-0.05, 0) is 29.8 Å². The molecule has 0 unspecified atom stereocenters. The Labute approximate surface area is 154 Å². The molecular weight excluding hydrogens is 357 g/mol. The first kappa shape index (κ1) is 19.5. The van der Waals surface area contributed by atoms with Crippen LogP contribution in [0.3, 0.4) is 0 Å². The van der Waals surface area contributed by atoms with E-state index in [0.717, 1.165) is 17.3 Å². The SMILES string of the molecule is NC(=O)CNC(=O)c1ccc(CNC(=O)CSc2ccccc2F)cc1. The third-order valence-electron chi connectivity index (χ3n) is 3.32.